The van der Waals surface area contributed by atoms with Gasteiger partial charge in [-0.3, -0.25) is 4.79 Å². The first-order valence-electron chi connectivity index (χ1n) is 8.95. The van der Waals surface area contributed by atoms with Crippen LogP contribution in [0.25, 0.3) is 0 Å². The van der Waals surface area contributed by atoms with Crippen molar-refractivity contribution in [3.63, 3.8) is 0 Å². The average molecular weight is 391 g/mol. The monoisotopic (exact) mass is 390 g/mol. The molecule has 1 fully saturated rings. The van der Waals surface area contributed by atoms with Gasteiger partial charge < -0.3 is 20.1 Å². The molecule has 0 saturated carbocycles. The van der Waals surface area contributed by atoms with E-state index in [9.17, 15) is 4.79 Å². The predicted octanol–water partition coefficient (Wildman–Crippen LogP) is 3.59. The van der Waals surface area contributed by atoms with E-state index in [1.54, 1.807) is 12.1 Å². The number of anilines is 2. The van der Waals surface area contributed by atoms with Crippen molar-refractivity contribution in [2.24, 2.45) is 5.92 Å². The fourth-order valence-electron chi connectivity index (χ4n) is 3.08. The van der Waals surface area contributed by atoms with Crippen molar-refractivity contribution in [2.75, 3.05) is 30.3 Å². The summed E-state index contributed by atoms with van der Waals surface area (Å²) in [6.45, 7) is 5.47. The van der Waals surface area contributed by atoms with Gasteiger partial charge in [0.05, 0.1) is 12.5 Å². The minimum Gasteiger partial charge on any atom is -0.466 e. The van der Waals surface area contributed by atoms with Gasteiger partial charge in [0.25, 0.3) is 0 Å². The van der Waals surface area contributed by atoms with E-state index in [0.717, 1.165) is 5.56 Å². The van der Waals surface area contributed by atoms with E-state index in [1.807, 2.05) is 24.8 Å². The van der Waals surface area contributed by atoms with E-state index in [4.69, 9.17) is 26.8 Å². The summed E-state index contributed by atoms with van der Waals surface area (Å²) in [5, 5.41) is 0.670. The number of benzene rings is 1. The largest absolute Gasteiger partial charge is 0.466 e. The topological polar surface area (TPSA) is 90.6 Å². The minimum absolute atomic E-state index is 0.0722. The van der Waals surface area contributed by atoms with Gasteiger partial charge in [-0.2, -0.15) is 4.98 Å². The maximum atomic E-state index is 11.9. The molecule has 8 heteroatoms. The number of piperidine rings is 1. The molecule has 1 aliphatic heterocycles. The lowest BCUT2D eigenvalue weighted by atomic mass is 9.97. The third-order valence-corrected chi connectivity index (χ3v) is 5.01. The van der Waals surface area contributed by atoms with E-state index < -0.39 is 0 Å². The van der Waals surface area contributed by atoms with Gasteiger partial charge in [0.15, 0.2) is 5.82 Å². The molecule has 144 valence electrons. The molecule has 0 aliphatic carbocycles. The smallest absolute Gasteiger partial charge is 0.309 e. The highest BCUT2D eigenvalue weighted by atomic mass is 35.5. The number of aryl methyl sites for hydroxylation is 1. The highest BCUT2D eigenvalue weighted by molar-refractivity contribution is 6.31. The van der Waals surface area contributed by atoms with E-state index >= 15 is 0 Å². The third kappa shape index (κ3) is 4.42. The Kier molecular flexibility index (Phi) is 6.01. The van der Waals surface area contributed by atoms with E-state index in [1.165, 1.54) is 6.33 Å². The van der Waals surface area contributed by atoms with Gasteiger partial charge >= 0.3 is 5.97 Å². The van der Waals surface area contributed by atoms with Gasteiger partial charge in [-0.05, 0) is 50.5 Å². The SMILES string of the molecule is CCOC(=O)C1CCN(c2ncnc(Oc3ccc(Cl)c(C)c3)c2N)CC1. The summed E-state index contributed by atoms with van der Waals surface area (Å²) < 4.78 is 10.9. The molecule has 2 heterocycles. The fraction of sp³-hybridized carbons (Fsp3) is 0.421. The molecular weight excluding hydrogens is 368 g/mol. The number of carbonyl (C=O) groups is 1. The maximum absolute atomic E-state index is 11.9. The summed E-state index contributed by atoms with van der Waals surface area (Å²) in [4.78, 5) is 22.4. The molecule has 0 unspecified atom stereocenters. The molecule has 1 aromatic heterocycles. The molecule has 0 spiro atoms. The minimum atomic E-state index is -0.130. The van der Waals surface area contributed by atoms with Crippen LogP contribution in [-0.2, 0) is 9.53 Å². The Hall–Kier alpha value is -2.54. The van der Waals surface area contributed by atoms with Gasteiger partial charge in [0, 0.05) is 18.1 Å². The second-order valence-corrected chi connectivity index (χ2v) is 6.85. The van der Waals surface area contributed by atoms with Crippen molar-refractivity contribution >= 4 is 29.1 Å². The fourth-order valence-corrected chi connectivity index (χ4v) is 3.20. The molecule has 1 saturated heterocycles. The second kappa shape index (κ2) is 8.43. The molecule has 0 atom stereocenters. The predicted molar refractivity (Wildman–Crippen MR) is 104 cm³/mol. The van der Waals surface area contributed by atoms with Crippen molar-refractivity contribution in [2.45, 2.75) is 26.7 Å². The lowest BCUT2D eigenvalue weighted by molar-refractivity contribution is -0.148. The number of carbonyl (C=O) groups excluding carboxylic acids is 1. The van der Waals surface area contributed by atoms with Crippen LogP contribution in [0.5, 0.6) is 11.6 Å². The standard InChI is InChI=1S/C19H23ClN4O3/c1-3-26-19(25)13-6-8-24(9-7-13)17-16(21)18(23-11-22-17)27-14-4-5-15(20)12(2)10-14/h4-5,10-11,13H,3,6-9,21H2,1-2H3. The number of hydrogen-bond acceptors (Lipinski definition) is 7. The van der Waals surface area contributed by atoms with Crippen molar-refractivity contribution < 1.29 is 14.3 Å². The lowest BCUT2D eigenvalue weighted by Crippen LogP contribution is -2.37. The van der Waals surface area contributed by atoms with Crippen molar-refractivity contribution in [3.8, 4) is 11.6 Å². The van der Waals surface area contributed by atoms with Gasteiger partial charge in [0.1, 0.15) is 17.8 Å². The van der Waals surface area contributed by atoms with Gasteiger partial charge in [-0.15, -0.1) is 0 Å². The van der Waals surface area contributed by atoms with Crippen molar-refractivity contribution in [3.05, 3.63) is 35.1 Å². The zero-order valence-electron chi connectivity index (χ0n) is 15.4. The summed E-state index contributed by atoms with van der Waals surface area (Å²) in [5.74, 6) is 1.32. The van der Waals surface area contributed by atoms with Crippen LogP contribution in [0.3, 0.4) is 0 Å². The first-order valence-corrected chi connectivity index (χ1v) is 9.33. The highest BCUT2D eigenvalue weighted by Gasteiger charge is 2.28. The lowest BCUT2D eigenvalue weighted by Gasteiger charge is -2.32. The molecule has 3 rings (SSSR count). The van der Waals surface area contributed by atoms with E-state index in [2.05, 4.69) is 9.97 Å². The Labute approximate surface area is 163 Å². The normalized spacial score (nSPS) is 14.9. The number of esters is 1. The Morgan fingerprint density at radius 1 is 1.33 bits per heavy atom. The Balaban J connectivity index is 1.72. The summed E-state index contributed by atoms with van der Waals surface area (Å²) in [7, 11) is 0. The number of nitrogens with zero attached hydrogens (tertiary/aromatic N) is 3. The first-order chi connectivity index (χ1) is 13.0. The number of halogens is 1. The summed E-state index contributed by atoms with van der Waals surface area (Å²) in [6, 6.07) is 5.36. The highest BCUT2D eigenvalue weighted by Crippen LogP contribution is 2.34. The molecule has 2 aromatic rings. The van der Waals surface area contributed by atoms with Crippen LogP contribution in [0.2, 0.25) is 5.02 Å². The number of ether oxygens (including phenoxy) is 2. The molecule has 7 nitrogen and oxygen atoms in total. The number of rotatable bonds is 5. The van der Waals surface area contributed by atoms with Crippen LogP contribution in [-0.4, -0.2) is 35.6 Å². The summed E-state index contributed by atoms with van der Waals surface area (Å²) in [6.07, 6.45) is 2.84. The Morgan fingerprint density at radius 3 is 2.74 bits per heavy atom. The molecule has 0 bridgehead atoms. The number of aromatic nitrogens is 2. The molecule has 0 radical (unpaired) electrons. The molecule has 27 heavy (non-hydrogen) atoms. The van der Waals surface area contributed by atoms with E-state index in [0.29, 0.717) is 60.7 Å². The van der Waals surface area contributed by atoms with Gasteiger partial charge in [0.2, 0.25) is 5.88 Å². The van der Waals surface area contributed by atoms with Gasteiger partial charge in [-0.25, -0.2) is 4.98 Å². The molecule has 2 N–H and O–H groups in total. The average Bonchev–Trinajstić information content (AvgIpc) is 2.67. The molecular formula is C19H23ClN4O3. The zero-order chi connectivity index (χ0) is 19.4. The molecule has 1 aromatic carbocycles. The number of nitrogens with two attached hydrogens (primary N) is 1. The second-order valence-electron chi connectivity index (χ2n) is 6.44. The van der Waals surface area contributed by atoms with Crippen LogP contribution >= 0.6 is 11.6 Å². The Bertz CT molecular complexity index is 823. The van der Waals surface area contributed by atoms with Crippen LogP contribution in [0.4, 0.5) is 11.5 Å². The van der Waals surface area contributed by atoms with Crippen molar-refractivity contribution in [1.29, 1.82) is 0 Å². The maximum Gasteiger partial charge on any atom is 0.309 e. The number of hydrogen-bond donors (Lipinski definition) is 1. The quantitative estimate of drug-likeness (QED) is 0.780. The zero-order valence-corrected chi connectivity index (χ0v) is 16.2. The van der Waals surface area contributed by atoms with Crippen LogP contribution in [0.15, 0.2) is 24.5 Å². The van der Waals surface area contributed by atoms with Crippen molar-refractivity contribution in [1.82, 2.24) is 9.97 Å². The molecule has 1 aliphatic rings. The third-order valence-electron chi connectivity index (χ3n) is 4.58. The van der Waals surface area contributed by atoms with Crippen LogP contribution in [0.1, 0.15) is 25.3 Å². The molecule has 0 amide bonds. The van der Waals surface area contributed by atoms with Crippen LogP contribution in [0, 0.1) is 12.8 Å². The summed E-state index contributed by atoms with van der Waals surface area (Å²) in [5.41, 5.74) is 7.54. The van der Waals surface area contributed by atoms with Gasteiger partial charge in [-0.1, -0.05) is 11.6 Å². The Morgan fingerprint density at radius 2 is 2.07 bits per heavy atom. The number of nitrogen functional groups attached to an aromatic ring is 1. The first kappa shape index (κ1) is 19.2. The van der Waals surface area contributed by atoms with E-state index in [-0.39, 0.29) is 11.9 Å². The van der Waals surface area contributed by atoms with Crippen LogP contribution < -0.4 is 15.4 Å². The summed E-state index contributed by atoms with van der Waals surface area (Å²) >= 11 is 6.05.